The van der Waals surface area contributed by atoms with Crippen molar-refractivity contribution in [1.29, 1.82) is 0 Å². The van der Waals surface area contributed by atoms with E-state index in [0.29, 0.717) is 5.69 Å². The highest BCUT2D eigenvalue weighted by Crippen LogP contribution is 2.24. The molecule has 6 nitrogen and oxygen atoms in total. The number of benzene rings is 2. The summed E-state index contributed by atoms with van der Waals surface area (Å²) in [7, 11) is -2.01. The van der Waals surface area contributed by atoms with E-state index in [9.17, 15) is 13.2 Å². The van der Waals surface area contributed by atoms with Crippen molar-refractivity contribution in [2.75, 3.05) is 30.5 Å². The number of carbonyl (C=O) groups excluding carboxylic acids is 1. The minimum absolute atomic E-state index is 0.262. The van der Waals surface area contributed by atoms with Crippen molar-refractivity contribution in [3.8, 4) is 5.75 Å². The number of rotatable bonds is 8. The first kappa shape index (κ1) is 21.1. The van der Waals surface area contributed by atoms with Crippen molar-refractivity contribution in [1.82, 2.24) is 5.32 Å². The molecule has 0 heterocycles. The van der Waals surface area contributed by atoms with E-state index in [1.807, 2.05) is 43.5 Å². The molecule has 1 amide bonds. The van der Waals surface area contributed by atoms with Crippen molar-refractivity contribution in [3.63, 3.8) is 0 Å². The van der Waals surface area contributed by atoms with Crippen LogP contribution in [-0.4, -0.2) is 40.5 Å². The van der Waals surface area contributed by atoms with Crippen molar-refractivity contribution in [2.45, 2.75) is 17.9 Å². The highest BCUT2D eigenvalue weighted by atomic mass is 32.2. The molecule has 0 spiro atoms. The van der Waals surface area contributed by atoms with E-state index in [1.54, 1.807) is 25.3 Å². The van der Waals surface area contributed by atoms with Gasteiger partial charge in [-0.15, -0.1) is 11.8 Å². The van der Waals surface area contributed by atoms with Crippen LogP contribution in [0.3, 0.4) is 0 Å². The van der Waals surface area contributed by atoms with Crippen LogP contribution >= 0.6 is 11.8 Å². The predicted octanol–water partition coefficient (Wildman–Crippen LogP) is 3.06. The summed E-state index contributed by atoms with van der Waals surface area (Å²) >= 11 is 1.51. The maximum atomic E-state index is 12.5. The Labute approximate surface area is 165 Å². The van der Waals surface area contributed by atoms with Crippen LogP contribution in [0.4, 0.5) is 5.69 Å². The van der Waals surface area contributed by atoms with Crippen LogP contribution in [0, 0.1) is 0 Å². The van der Waals surface area contributed by atoms with E-state index in [-0.39, 0.29) is 18.5 Å². The smallest absolute Gasteiger partial charge is 0.241 e. The molecule has 0 aliphatic rings. The Morgan fingerprint density at radius 1 is 1.22 bits per heavy atom. The van der Waals surface area contributed by atoms with Gasteiger partial charge in [-0.25, -0.2) is 8.42 Å². The Balaban J connectivity index is 2.13. The maximum absolute atomic E-state index is 12.5. The number of ether oxygens (including phenoxy) is 1. The van der Waals surface area contributed by atoms with E-state index in [1.165, 1.54) is 11.8 Å². The summed E-state index contributed by atoms with van der Waals surface area (Å²) in [5, 5.41) is 2.84. The quantitative estimate of drug-likeness (QED) is 0.680. The van der Waals surface area contributed by atoms with Crippen LogP contribution in [0.15, 0.2) is 53.4 Å². The van der Waals surface area contributed by atoms with Crippen LogP contribution in [0.2, 0.25) is 0 Å². The number of carbonyl (C=O) groups is 1. The van der Waals surface area contributed by atoms with Crippen LogP contribution in [0.25, 0.3) is 0 Å². The van der Waals surface area contributed by atoms with Crippen LogP contribution in [0.5, 0.6) is 5.75 Å². The molecule has 0 saturated heterocycles. The van der Waals surface area contributed by atoms with Crippen molar-refractivity contribution in [2.24, 2.45) is 0 Å². The Morgan fingerprint density at radius 3 is 2.44 bits per heavy atom. The van der Waals surface area contributed by atoms with E-state index in [2.05, 4.69) is 5.32 Å². The van der Waals surface area contributed by atoms with Gasteiger partial charge < -0.3 is 10.1 Å². The molecular weight excluding hydrogens is 384 g/mol. The van der Waals surface area contributed by atoms with Crippen LogP contribution in [0.1, 0.15) is 18.5 Å². The third kappa shape index (κ3) is 5.90. The molecule has 0 aromatic heterocycles. The molecule has 8 heteroatoms. The van der Waals surface area contributed by atoms with Gasteiger partial charge in [0.05, 0.1) is 25.1 Å². The van der Waals surface area contributed by atoms with E-state index < -0.39 is 10.0 Å². The summed E-state index contributed by atoms with van der Waals surface area (Å²) in [5.74, 6) is 0.354. The summed E-state index contributed by atoms with van der Waals surface area (Å²) in [6, 6.07) is 14.2. The number of amides is 1. The topological polar surface area (TPSA) is 75.7 Å². The molecule has 1 N–H and O–H groups in total. The Kier molecular flexibility index (Phi) is 7.15. The molecule has 2 aromatic carbocycles. The van der Waals surface area contributed by atoms with Crippen molar-refractivity contribution < 1.29 is 17.9 Å². The van der Waals surface area contributed by atoms with E-state index in [4.69, 9.17) is 4.74 Å². The maximum Gasteiger partial charge on any atom is 0.241 e. The van der Waals surface area contributed by atoms with Gasteiger partial charge >= 0.3 is 0 Å². The molecule has 0 saturated carbocycles. The van der Waals surface area contributed by atoms with E-state index >= 15 is 0 Å². The molecule has 0 aliphatic heterocycles. The van der Waals surface area contributed by atoms with Crippen molar-refractivity contribution >= 4 is 33.4 Å². The first-order valence-electron chi connectivity index (χ1n) is 8.29. The molecular formula is C19H24N2O4S2. The number of nitrogens with one attached hydrogen (secondary N) is 1. The summed E-state index contributed by atoms with van der Waals surface area (Å²) < 4.78 is 30.7. The Morgan fingerprint density at radius 2 is 1.89 bits per heavy atom. The second-order valence-corrected chi connectivity index (χ2v) is 8.82. The highest BCUT2D eigenvalue weighted by Gasteiger charge is 2.22. The monoisotopic (exact) mass is 408 g/mol. The largest absolute Gasteiger partial charge is 0.497 e. The van der Waals surface area contributed by atoms with E-state index in [0.717, 1.165) is 26.8 Å². The average Bonchev–Trinajstić information content (AvgIpc) is 2.65. The number of methoxy groups -OCH3 is 1. The SMILES string of the molecule is COc1ccc(C(C)NC(=O)CN(c2cccc(SC)c2)S(C)(=O)=O)cc1. The summed E-state index contributed by atoms with van der Waals surface area (Å²) in [6.07, 6.45) is 3.01. The third-order valence-electron chi connectivity index (χ3n) is 4.02. The zero-order valence-corrected chi connectivity index (χ0v) is 17.4. The molecule has 0 fully saturated rings. The molecule has 1 unspecified atom stereocenters. The van der Waals surface area contributed by atoms with Gasteiger partial charge in [0.25, 0.3) is 0 Å². The zero-order valence-electron chi connectivity index (χ0n) is 15.8. The van der Waals surface area contributed by atoms with Crippen molar-refractivity contribution in [3.05, 3.63) is 54.1 Å². The molecule has 146 valence electrons. The second-order valence-electron chi connectivity index (χ2n) is 6.03. The fraction of sp³-hybridized carbons (Fsp3) is 0.316. The lowest BCUT2D eigenvalue weighted by Gasteiger charge is -2.23. The molecule has 0 radical (unpaired) electrons. The zero-order chi connectivity index (χ0) is 20.0. The van der Waals surface area contributed by atoms with Crippen LogP contribution < -0.4 is 14.4 Å². The molecule has 2 rings (SSSR count). The fourth-order valence-corrected chi connectivity index (χ4v) is 3.86. The second kappa shape index (κ2) is 9.14. The molecule has 0 bridgehead atoms. The molecule has 2 aromatic rings. The lowest BCUT2D eigenvalue weighted by Crippen LogP contribution is -2.41. The highest BCUT2D eigenvalue weighted by molar-refractivity contribution is 7.98. The summed E-state index contributed by atoms with van der Waals surface area (Å²) in [5.41, 5.74) is 1.37. The normalized spacial score (nSPS) is 12.3. The van der Waals surface area contributed by atoms with Gasteiger partial charge in [0.2, 0.25) is 15.9 Å². The number of sulfonamides is 1. The van der Waals surface area contributed by atoms with Gasteiger partial charge in [-0.1, -0.05) is 18.2 Å². The molecule has 0 aliphatic carbocycles. The minimum atomic E-state index is -3.60. The Hall–Kier alpha value is -2.19. The third-order valence-corrected chi connectivity index (χ3v) is 5.89. The van der Waals surface area contributed by atoms with Gasteiger partial charge in [0.15, 0.2) is 0 Å². The van der Waals surface area contributed by atoms with Gasteiger partial charge in [0, 0.05) is 4.90 Å². The van der Waals surface area contributed by atoms with Crippen LogP contribution in [-0.2, 0) is 14.8 Å². The van der Waals surface area contributed by atoms with Gasteiger partial charge in [-0.05, 0) is 49.1 Å². The standard InChI is InChI=1S/C19H24N2O4S2/c1-14(15-8-10-17(25-2)11-9-15)20-19(22)13-21(27(4,23)24)16-6-5-7-18(12-16)26-3/h5-12,14H,13H2,1-4H3,(H,20,22). The number of nitrogens with zero attached hydrogens (tertiary/aromatic N) is 1. The molecule has 1 atom stereocenters. The first-order valence-corrected chi connectivity index (χ1v) is 11.4. The summed E-state index contributed by atoms with van der Waals surface area (Å²) in [4.78, 5) is 13.4. The number of hydrogen-bond acceptors (Lipinski definition) is 5. The first-order chi connectivity index (χ1) is 12.7. The predicted molar refractivity (Wildman–Crippen MR) is 110 cm³/mol. The van der Waals surface area contributed by atoms with Gasteiger partial charge in [-0.3, -0.25) is 9.10 Å². The Bertz CT molecular complexity index is 883. The fourth-order valence-electron chi connectivity index (χ4n) is 2.56. The number of hydrogen-bond donors (Lipinski definition) is 1. The summed E-state index contributed by atoms with van der Waals surface area (Å²) in [6.45, 7) is 1.57. The molecule has 27 heavy (non-hydrogen) atoms. The lowest BCUT2D eigenvalue weighted by atomic mass is 10.1. The average molecular weight is 409 g/mol. The van der Waals surface area contributed by atoms with Gasteiger partial charge in [0.1, 0.15) is 12.3 Å². The minimum Gasteiger partial charge on any atom is -0.497 e. The lowest BCUT2D eigenvalue weighted by molar-refractivity contribution is -0.120. The number of anilines is 1. The number of thioether (sulfide) groups is 1. The van der Waals surface area contributed by atoms with Gasteiger partial charge in [-0.2, -0.15) is 0 Å².